The van der Waals surface area contributed by atoms with Crippen LogP contribution in [-0.2, 0) is 28.5 Å². The molecule has 0 N–H and O–H groups in total. The highest BCUT2D eigenvalue weighted by molar-refractivity contribution is 5.83. The number of hydrogen-bond acceptors (Lipinski definition) is 7. The maximum atomic E-state index is 11.5. The predicted octanol–water partition coefficient (Wildman–Crippen LogP) is 1.04. The second-order valence-electron chi connectivity index (χ2n) is 3.05. The Morgan fingerprint density at radius 2 is 1.44 bits per heavy atom. The minimum absolute atomic E-state index is 0.105. The van der Waals surface area contributed by atoms with Gasteiger partial charge in [-0.3, -0.25) is 4.79 Å². The SMILES string of the molecule is CCOC(=O)CC(OC(=O)OCC)C(=O)OCC. The van der Waals surface area contributed by atoms with Gasteiger partial charge in [-0.2, -0.15) is 0 Å². The van der Waals surface area contributed by atoms with Crippen molar-refractivity contribution in [1.29, 1.82) is 0 Å². The van der Waals surface area contributed by atoms with Gasteiger partial charge in [-0.05, 0) is 20.8 Å². The van der Waals surface area contributed by atoms with Gasteiger partial charge in [0.05, 0.1) is 26.2 Å². The minimum Gasteiger partial charge on any atom is -0.466 e. The lowest BCUT2D eigenvalue weighted by Gasteiger charge is -2.15. The normalized spacial score (nSPS) is 11.3. The molecule has 0 aliphatic heterocycles. The van der Waals surface area contributed by atoms with Gasteiger partial charge >= 0.3 is 18.1 Å². The Kier molecular flexibility index (Phi) is 8.34. The maximum absolute atomic E-state index is 11.5. The summed E-state index contributed by atoms with van der Waals surface area (Å²) < 4.78 is 18.6. The fourth-order valence-corrected chi connectivity index (χ4v) is 1.05. The summed E-state index contributed by atoms with van der Waals surface area (Å²) in [5.41, 5.74) is 0. The molecule has 0 aliphatic rings. The van der Waals surface area contributed by atoms with E-state index in [9.17, 15) is 14.4 Å². The first kappa shape index (κ1) is 16.2. The molecule has 0 aromatic rings. The Balaban J connectivity index is 4.46. The fraction of sp³-hybridized carbons (Fsp3) is 0.727. The molecule has 0 heterocycles. The largest absolute Gasteiger partial charge is 0.509 e. The second-order valence-corrected chi connectivity index (χ2v) is 3.05. The molecule has 0 radical (unpaired) electrons. The summed E-state index contributed by atoms with van der Waals surface area (Å²) in [6.45, 7) is 5.21. The van der Waals surface area contributed by atoms with E-state index in [2.05, 4.69) is 18.9 Å². The zero-order valence-corrected chi connectivity index (χ0v) is 10.8. The zero-order chi connectivity index (χ0) is 14.0. The van der Waals surface area contributed by atoms with Crippen LogP contribution in [0.4, 0.5) is 4.79 Å². The predicted molar refractivity (Wildman–Crippen MR) is 59.8 cm³/mol. The summed E-state index contributed by atoms with van der Waals surface area (Å²) in [6, 6.07) is 0. The molecule has 0 rings (SSSR count). The van der Waals surface area contributed by atoms with Crippen LogP contribution in [-0.4, -0.2) is 44.0 Å². The van der Waals surface area contributed by atoms with Gasteiger partial charge in [-0.1, -0.05) is 0 Å². The van der Waals surface area contributed by atoms with Gasteiger partial charge in [0, 0.05) is 0 Å². The van der Waals surface area contributed by atoms with Gasteiger partial charge in [-0.15, -0.1) is 0 Å². The topological polar surface area (TPSA) is 88.1 Å². The summed E-state index contributed by atoms with van der Waals surface area (Å²) in [4.78, 5) is 33.8. The van der Waals surface area contributed by atoms with Crippen molar-refractivity contribution in [3.8, 4) is 0 Å². The number of ether oxygens (including phenoxy) is 4. The van der Waals surface area contributed by atoms with E-state index in [1.165, 1.54) is 0 Å². The average Bonchev–Trinajstić information content (AvgIpc) is 2.29. The summed E-state index contributed by atoms with van der Waals surface area (Å²) in [6.07, 6.45) is -2.77. The lowest BCUT2D eigenvalue weighted by Crippen LogP contribution is -2.32. The first-order chi connectivity index (χ1) is 8.54. The molecule has 0 aromatic carbocycles. The minimum atomic E-state index is -1.34. The van der Waals surface area contributed by atoms with Crippen molar-refractivity contribution in [3.05, 3.63) is 0 Å². The second kappa shape index (κ2) is 9.26. The Hall–Kier alpha value is -1.79. The van der Waals surface area contributed by atoms with Crippen LogP contribution >= 0.6 is 0 Å². The van der Waals surface area contributed by atoms with Crippen LogP contribution in [0.25, 0.3) is 0 Å². The molecule has 104 valence electrons. The van der Waals surface area contributed by atoms with Crippen LogP contribution in [0.15, 0.2) is 0 Å². The number of esters is 2. The summed E-state index contributed by atoms with van der Waals surface area (Å²) in [5.74, 6) is -1.46. The molecule has 0 saturated heterocycles. The third kappa shape index (κ3) is 6.72. The first-order valence-corrected chi connectivity index (χ1v) is 5.70. The highest BCUT2D eigenvalue weighted by Gasteiger charge is 2.28. The third-order valence-electron chi connectivity index (χ3n) is 1.71. The van der Waals surface area contributed by atoms with Crippen molar-refractivity contribution >= 4 is 18.1 Å². The molecule has 0 bridgehead atoms. The van der Waals surface area contributed by atoms with Crippen molar-refractivity contribution in [2.24, 2.45) is 0 Å². The maximum Gasteiger partial charge on any atom is 0.509 e. The smallest absolute Gasteiger partial charge is 0.466 e. The zero-order valence-electron chi connectivity index (χ0n) is 10.8. The van der Waals surface area contributed by atoms with Crippen LogP contribution in [0, 0.1) is 0 Å². The molecular weight excluding hydrogens is 244 g/mol. The van der Waals surface area contributed by atoms with Crippen molar-refractivity contribution in [1.82, 2.24) is 0 Å². The Bertz CT molecular complexity index is 267. The molecule has 0 saturated carbocycles. The van der Waals surface area contributed by atoms with Crippen LogP contribution in [0.2, 0.25) is 0 Å². The van der Waals surface area contributed by atoms with E-state index in [4.69, 9.17) is 0 Å². The molecule has 0 amide bonds. The Morgan fingerprint density at radius 3 is 1.94 bits per heavy atom. The van der Waals surface area contributed by atoms with Gasteiger partial charge in [0.1, 0.15) is 0 Å². The van der Waals surface area contributed by atoms with Gasteiger partial charge < -0.3 is 18.9 Å². The van der Waals surface area contributed by atoms with Crippen molar-refractivity contribution < 1.29 is 33.3 Å². The molecule has 7 heteroatoms. The lowest BCUT2D eigenvalue weighted by molar-refractivity contribution is -0.161. The van der Waals surface area contributed by atoms with Crippen molar-refractivity contribution in [2.75, 3.05) is 19.8 Å². The quantitative estimate of drug-likeness (QED) is 0.500. The molecule has 18 heavy (non-hydrogen) atoms. The molecule has 1 unspecified atom stereocenters. The average molecular weight is 262 g/mol. The standard InChI is InChI=1S/C11H18O7/c1-4-15-9(12)7-8(10(13)16-5-2)18-11(14)17-6-3/h8H,4-7H2,1-3H3. The summed E-state index contributed by atoms with van der Waals surface area (Å²) in [7, 11) is 0. The number of carbonyl (C=O) groups is 3. The van der Waals surface area contributed by atoms with Gasteiger partial charge in [0.15, 0.2) is 0 Å². The van der Waals surface area contributed by atoms with Crippen molar-refractivity contribution in [2.45, 2.75) is 33.3 Å². The van der Waals surface area contributed by atoms with Crippen molar-refractivity contribution in [3.63, 3.8) is 0 Å². The number of rotatable bonds is 7. The first-order valence-electron chi connectivity index (χ1n) is 5.70. The lowest BCUT2D eigenvalue weighted by atomic mass is 10.2. The van der Waals surface area contributed by atoms with E-state index < -0.39 is 30.6 Å². The number of carbonyl (C=O) groups excluding carboxylic acids is 3. The molecule has 0 fully saturated rings. The molecule has 0 aliphatic carbocycles. The monoisotopic (exact) mass is 262 g/mol. The van der Waals surface area contributed by atoms with Crippen LogP contribution in [0.1, 0.15) is 27.2 Å². The molecule has 1 atom stereocenters. The van der Waals surface area contributed by atoms with E-state index in [1.54, 1.807) is 20.8 Å². The highest BCUT2D eigenvalue weighted by atomic mass is 16.7. The van der Waals surface area contributed by atoms with E-state index in [-0.39, 0.29) is 19.8 Å². The summed E-state index contributed by atoms with van der Waals surface area (Å²) in [5, 5.41) is 0. The Labute approximate surface area is 105 Å². The Morgan fingerprint density at radius 1 is 0.889 bits per heavy atom. The van der Waals surface area contributed by atoms with Gasteiger partial charge in [0.25, 0.3) is 0 Å². The van der Waals surface area contributed by atoms with Gasteiger partial charge in [0.2, 0.25) is 6.10 Å². The molecule has 0 spiro atoms. The highest BCUT2D eigenvalue weighted by Crippen LogP contribution is 2.05. The van der Waals surface area contributed by atoms with Crippen LogP contribution in [0.5, 0.6) is 0 Å². The molecule has 0 aromatic heterocycles. The van der Waals surface area contributed by atoms with Crippen LogP contribution in [0.3, 0.4) is 0 Å². The van der Waals surface area contributed by atoms with E-state index in [0.717, 1.165) is 0 Å². The third-order valence-corrected chi connectivity index (χ3v) is 1.71. The summed E-state index contributed by atoms with van der Waals surface area (Å²) >= 11 is 0. The van der Waals surface area contributed by atoms with E-state index in [0.29, 0.717) is 0 Å². The van der Waals surface area contributed by atoms with E-state index in [1.807, 2.05) is 0 Å². The number of hydrogen-bond donors (Lipinski definition) is 0. The van der Waals surface area contributed by atoms with Crippen LogP contribution < -0.4 is 0 Å². The molecular formula is C11H18O7. The molecule has 7 nitrogen and oxygen atoms in total. The van der Waals surface area contributed by atoms with E-state index >= 15 is 0 Å². The fourth-order valence-electron chi connectivity index (χ4n) is 1.05. The van der Waals surface area contributed by atoms with Gasteiger partial charge in [-0.25, -0.2) is 9.59 Å².